The second-order valence-electron chi connectivity index (χ2n) is 3.46. The van der Waals surface area contributed by atoms with E-state index in [1.54, 1.807) is 6.07 Å². The van der Waals surface area contributed by atoms with Gasteiger partial charge in [0.2, 0.25) is 0 Å². The number of furan rings is 1. The molecule has 2 rings (SSSR count). The average molecular weight is 223 g/mol. The van der Waals surface area contributed by atoms with E-state index in [1.165, 1.54) is 12.3 Å². The highest BCUT2D eigenvalue weighted by atomic mass is 19.1. The molecule has 0 fully saturated rings. The van der Waals surface area contributed by atoms with E-state index < -0.39 is 17.7 Å². The molecule has 0 saturated heterocycles. The molecule has 1 aromatic heterocycles. The Kier molecular flexibility index (Phi) is 2.62. The highest BCUT2D eigenvalue weighted by Gasteiger charge is 2.22. The molecule has 0 aliphatic heterocycles. The van der Waals surface area contributed by atoms with Crippen LogP contribution in [0.4, 0.5) is 4.39 Å². The van der Waals surface area contributed by atoms with Crippen molar-refractivity contribution in [3.05, 3.63) is 35.8 Å². The fourth-order valence-electron chi connectivity index (χ4n) is 1.69. The van der Waals surface area contributed by atoms with Gasteiger partial charge in [0, 0.05) is 17.5 Å². The summed E-state index contributed by atoms with van der Waals surface area (Å²) in [6.45, 7) is -0.103. The van der Waals surface area contributed by atoms with Gasteiger partial charge in [0.1, 0.15) is 11.4 Å². The minimum Gasteiger partial charge on any atom is -0.481 e. The molecule has 0 saturated carbocycles. The number of halogens is 1. The summed E-state index contributed by atoms with van der Waals surface area (Å²) in [5.41, 5.74) is 6.02. The molecule has 1 atom stereocenters. The monoisotopic (exact) mass is 223 g/mol. The molecule has 4 nitrogen and oxygen atoms in total. The normalized spacial score (nSPS) is 12.9. The fraction of sp³-hybridized carbons (Fsp3) is 0.182. The van der Waals surface area contributed by atoms with E-state index >= 15 is 0 Å². The van der Waals surface area contributed by atoms with Crippen molar-refractivity contribution in [2.45, 2.75) is 5.92 Å². The van der Waals surface area contributed by atoms with Crippen LogP contribution in [0.3, 0.4) is 0 Å². The number of hydrogen-bond donors (Lipinski definition) is 2. The van der Waals surface area contributed by atoms with Crippen LogP contribution in [0.1, 0.15) is 11.5 Å². The van der Waals surface area contributed by atoms with Crippen LogP contribution in [0.5, 0.6) is 0 Å². The molecule has 1 unspecified atom stereocenters. The Labute approximate surface area is 90.5 Å². The highest BCUT2D eigenvalue weighted by Crippen LogP contribution is 2.27. The van der Waals surface area contributed by atoms with Gasteiger partial charge >= 0.3 is 5.97 Å². The summed E-state index contributed by atoms with van der Waals surface area (Å²) < 4.78 is 18.4. The van der Waals surface area contributed by atoms with Crippen molar-refractivity contribution in [1.82, 2.24) is 0 Å². The van der Waals surface area contributed by atoms with Crippen LogP contribution in [-0.4, -0.2) is 17.6 Å². The third kappa shape index (κ3) is 1.65. The first-order chi connectivity index (χ1) is 7.63. The van der Waals surface area contributed by atoms with Crippen molar-refractivity contribution in [3.8, 4) is 0 Å². The molecule has 0 aliphatic rings. The molecule has 1 aromatic carbocycles. The third-order valence-corrected chi connectivity index (χ3v) is 2.45. The smallest absolute Gasteiger partial charge is 0.312 e. The van der Waals surface area contributed by atoms with Gasteiger partial charge in [0.05, 0.1) is 12.2 Å². The minimum absolute atomic E-state index is 0.103. The molecule has 0 bridgehead atoms. The SMILES string of the molecule is NCC(C(=O)O)c1cc(F)cc2ccoc12. The molecule has 0 aliphatic carbocycles. The van der Waals surface area contributed by atoms with E-state index in [0.29, 0.717) is 11.0 Å². The summed E-state index contributed by atoms with van der Waals surface area (Å²) in [7, 11) is 0. The molecule has 2 aromatic rings. The fourth-order valence-corrected chi connectivity index (χ4v) is 1.69. The summed E-state index contributed by atoms with van der Waals surface area (Å²) >= 11 is 0. The number of carboxylic acids is 1. The molecule has 84 valence electrons. The molecule has 5 heteroatoms. The maximum atomic E-state index is 13.3. The zero-order valence-corrected chi connectivity index (χ0v) is 8.31. The summed E-state index contributed by atoms with van der Waals surface area (Å²) in [6.07, 6.45) is 1.39. The van der Waals surface area contributed by atoms with Gasteiger partial charge in [-0.2, -0.15) is 0 Å². The number of carbonyl (C=O) groups is 1. The zero-order valence-electron chi connectivity index (χ0n) is 8.31. The van der Waals surface area contributed by atoms with Crippen LogP contribution in [0.25, 0.3) is 11.0 Å². The molecule has 16 heavy (non-hydrogen) atoms. The number of hydrogen-bond acceptors (Lipinski definition) is 3. The quantitative estimate of drug-likeness (QED) is 0.830. The van der Waals surface area contributed by atoms with Crippen LogP contribution in [0.2, 0.25) is 0 Å². The predicted octanol–water partition coefficient (Wildman–Crippen LogP) is 1.70. The van der Waals surface area contributed by atoms with Gasteiger partial charge in [0.15, 0.2) is 0 Å². The van der Waals surface area contributed by atoms with Gasteiger partial charge in [-0.25, -0.2) is 4.39 Å². The predicted molar refractivity (Wildman–Crippen MR) is 55.6 cm³/mol. The van der Waals surface area contributed by atoms with E-state index in [4.69, 9.17) is 15.3 Å². The molecule has 3 N–H and O–H groups in total. The van der Waals surface area contributed by atoms with Crippen molar-refractivity contribution in [1.29, 1.82) is 0 Å². The molecule has 1 heterocycles. The Morgan fingerprint density at radius 3 is 2.94 bits per heavy atom. The standard InChI is InChI=1S/C11H10FNO3/c12-7-3-6-1-2-16-10(6)8(4-7)9(5-13)11(14)15/h1-4,9H,5,13H2,(H,14,15). The van der Waals surface area contributed by atoms with Gasteiger partial charge in [-0.05, 0) is 18.2 Å². The van der Waals surface area contributed by atoms with E-state index in [-0.39, 0.29) is 12.1 Å². The van der Waals surface area contributed by atoms with Crippen molar-refractivity contribution in [2.24, 2.45) is 5.73 Å². The molecule has 0 amide bonds. The van der Waals surface area contributed by atoms with Crippen LogP contribution in [0, 0.1) is 5.82 Å². The first-order valence-electron chi connectivity index (χ1n) is 4.73. The number of rotatable bonds is 3. The second kappa shape index (κ2) is 3.94. The second-order valence-corrected chi connectivity index (χ2v) is 3.46. The summed E-state index contributed by atoms with van der Waals surface area (Å²) in [4.78, 5) is 11.0. The Bertz CT molecular complexity index is 535. The van der Waals surface area contributed by atoms with Crippen molar-refractivity contribution in [3.63, 3.8) is 0 Å². The van der Waals surface area contributed by atoms with E-state index in [1.807, 2.05) is 0 Å². The Morgan fingerprint density at radius 2 is 2.31 bits per heavy atom. The third-order valence-electron chi connectivity index (χ3n) is 2.45. The van der Waals surface area contributed by atoms with Crippen LogP contribution < -0.4 is 5.73 Å². The minimum atomic E-state index is -1.09. The van der Waals surface area contributed by atoms with Crippen LogP contribution in [0.15, 0.2) is 28.9 Å². The van der Waals surface area contributed by atoms with Crippen LogP contribution >= 0.6 is 0 Å². The van der Waals surface area contributed by atoms with Gasteiger partial charge in [0.25, 0.3) is 0 Å². The number of fused-ring (bicyclic) bond motifs is 1. The Balaban J connectivity index is 2.65. The lowest BCUT2D eigenvalue weighted by Crippen LogP contribution is -2.21. The number of carboxylic acid groups (broad SMARTS) is 1. The molecule has 0 radical (unpaired) electrons. The van der Waals surface area contributed by atoms with Crippen molar-refractivity contribution < 1.29 is 18.7 Å². The topological polar surface area (TPSA) is 76.5 Å². The van der Waals surface area contributed by atoms with Crippen LogP contribution in [-0.2, 0) is 4.79 Å². The van der Waals surface area contributed by atoms with Crippen molar-refractivity contribution in [2.75, 3.05) is 6.54 Å². The van der Waals surface area contributed by atoms with Gasteiger partial charge in [-0.1, -0.05) is 0 Å². The largest absolute Gasteiger partial charge is 0.481 e. The maximum absolute atomic E-state index is 13.3. The Hall–Kier alpha value is -1.88. The summed E-state index contributed by atoms with van der Waals surface area (Å²) in [6, 6.07) is 4.02. The van der Waals surface area contributed by atoms with Gasteiger partial charge in [-0.3, -0.25) is 4.79 Å². The highest BCUT2D eigenvalue weighted by molar-refractivity contribution is 5.87. The molecular formula is C11H10FNO3. The molecule has 0 spiro atoms. The summed E-state index contributed by atoms with van der Waals surface area (Å²) in [5.74, 6) is -2.54. The first-order valence-corrected chi connectivity index (χ1v) is 4.73. The lowest BCUT2D eigenvalue weighted by Gasteiger charge is -2.10. The zero-order chi connectivity index (χ0) is 11.7. The molecular weight excluding hydrogens is 213 g/mol. The van der Waals surface area contributed by atoms with E-state index in [9.17, 15) is 9.18 Å². The van der Waals surface area contributed by atoms with E-state index in [2.05, 4.69) is 0 Å². The van der Waals surface area contributed by atoms with Gasteiger partial charge in [-0.15, -0.1) is 0 Å². The summed E-state index contributed by atoms with van der Waals surface area (Å²) in [5, 5.41) is 9.51. The number of aliphatic carboxylic acids is 1. The number of nitrogens with two attached hydrogens (primary N) is 1. The lowest BCUT2D eigenvalue weighted by molar-refractivity contribution is -0.138. The number of benzene rings is 1. The van der Waals surface area contributed by atoms with Gasteiger partial charge < -0.3 is 15.3 Å². The van der Waals surface area contributed by atoms with E-state index in [0.717, 1.165) is 6.07 Å². The first kappa shape index (κ1) is 10.6. The lowest BCUT2D eigenvalue weighted by atomic mass is 9.97. The maximum Gasteiger partial charge on any atom is 0.312 e. The Morgan fingerprint density at radius 1 is 1.56 bits per heavy atom. The average Bonchev–Trinajstić information content (AvgIpc) is 2.65. The van der Waals surface area contributed by atoms with Crippen molar-refractivity contribution >= 4 is 16.9 Å².